The molecule has 1 unspecified atom stereocenters. The molecule has 1 rings (SSSR count). The molecule has 1 heterocycles. The van der Waals surface area contributed by atoms with Crippen molar-refractivity contribution in [2.24, 2.45) is 5.73 Å². The molecule has 18 heavy (non-hydrogen) atoms. The first-order valence-electron chi connectivity index (χ1n) is 5.44. The lowest BCUT2D eigenvalue weighted by Gasteiger charge is -2.18. The van der Waals surface area contributed by atoms with Crippen LogP contribution in [-0.2, 0) is 4.79 Å². The third-order valence-electron chi connectivity index (χ3n) is 2.26. The fraction of sp³-hybridized carbons (Fsp3) is 0.455. The van der Waals surface area contributed by atoms with Gasteiger partial charge in [-0.25, -0.2) is 9.97 Å². The number of nitrogens with one attached hydrogen (secondary N) is 1. The number of likely N-dealkylation sites (N-methyl/N-ethyl adjacent to an activating group) is 1. The molecular formula is C11H17N5OS. The van der Waals surface area contributed by atoms with Crippen LogP contribution < -0.4 is 11.1 Å². The first-order chi connectivity index (χ1) is 8.31. The minimum atomic E-state index is -0.416. The van der Waals surface area contributed by atoms with Crippen molar-refractivity contribution in [2.45, 2.75) is 19.9 Å². The average Bonchev–Trinajstić information content (AvgIpc) is 2.26. The van der Waals surface area contributed by atoms with Crippen molar-refractivity contribution in [2.75, 3.05) is 19.4 Å². The van der Waals surface area contributed by atoms with Gasteiger partial charge in [0.25, 0.3) is 0 Å². The summed E-state index contributed by atoms with van der Waals surface area (Å²) in [6.07, 6.45) is 0. The summed E-state index contributed by atoms with van der Waals surface area (Å²) in [5.41, 5.74) is 6.75. The van der Waals surface area contributed by atoms with Gasteiger partial charge in [-0.1, -0.05) is 12.2 Å². The predicted molar refractivity (Wildman–Crippen MR) is 74.4 cm³/mol. The molecular weight excluding hydrogens is 250 g/mol. The van der Waals surface area contributed by atoms with Crippen LogP contribution in [0.25, 0.3) is 0 Å². The van der Waals surface area contributed by atoms with E-state index in [4.69, 9.17) is 18.0 Å². The highest BCUT2D eigenvalue weighted by atomic mass is 32.1. The Morgan fingerprint density at radius 2 is 2.11 bits per heavy atom. The Balaban J connectivity index is 2.91. The maximum absolute atomic E-state index is 11.7. The van der Waals surface area contributed by atoms with Crippen LogP contribution in [0, 0.1) is 6.92 Å². The summed E-state index contributed by atoms with van der Waals surface area (Å²) >= 11 is 4.87. The van der Waals surface area contributed by atoms with Crippen LogP contribution in [0.5, 0.6) is 0 Å². The van der Waals surface area contributed by atoms with Gasteiger partial charge in [-0.2, -0.15) is 0 Å². The first kappa shape index (κ1) is 14.3. The molecule has 7 heteroatoms. The Morgan fingerprint density at radius 3 is 2.61 bits per heavy atom. The highest BCUT2D eigenvalue weighted by Gasteiger charge is 2.16. The van der Waals surface area contributed by atoms with Gasteiger partial charge in [-0.15, -0.1) is 0 Å². The molecule has 3 N–H and O–H groups in total. The number of rotatable bonds is 4. The van der Waals surface area contributed by atoms with Gasteiger partial charge in [-0.3, -0.25) is 4.79 Å². The second-order valence-corrected chi connectivity index (χ2v) is 4.62. The van der Waals surface area contributed by atoms with Crippen LogP contribution in [0.3, 0.4) is 0 Å². The number of carbonyl (C=O) groups is 1. The maximum Gasteiger partial charge on any atom is 0.244 e. The lowest BCUT2D eigenvalue weighted by molar-refractivity contribution is -0.129. The monoisotopic (exact) mass is 267 g/mol. The van der Waals surface area contributed by atoms with Crippen molar-refractivity contribution < 1.29 is 4.79 Å². The molecule has 0 aliphatic rings. The number of thiocarbonyl (C=S) groups is 1. The van der Waals surface area contributed by atoms with Gasteiger partial charge in [0.2, 0.25) is 11.9 Å². The van der Waals surface area contributed by atoms with Crippen molar-refractivity contribution >= 4 is 29.1 Å². The van der Waals surface area contributed by atoms with Gasteiger partial charge >= 0.3 is 0 Å². The summed E-state index contributed by atoms with van der Waals surface area (Å²) in [6, 6.07) is 1.28. The highest BCUT2D eigenvalue weighted by molar-refractivity contribution is 7.80. The molecule has 0 saturated carbocycles. The van der Waals surface area contributed by atoms with Crippen molar-refractivity contribution in [3.63, 3.8) is 0 Å². The molecule has 6 nitrogen and oxygen atoms in total. The quantitative estimate of drug-likeness (QED) is 0.764. The van der Waals surface area contributed by atoms with E-state index in [1.807, 2.05) is 6.92 Å². The topological polar surface area (TPSA) is 84.1 Å². The van der Waals surface area contributed by atoms with Crippen molar-refractivity contribution in [1.82, 2.24) is 14.9 Å². The number of nitrogens with zero attached hydrogens (tertiary/aromatic N) is 3. The molecule has 1 aromatic heterocycles. The normalized spacial score (nSPS) is 11.8. The number of anilines is 1. The number of carbonyl (C=O) groups excluding carboxylic acids is 1. The summed E-state index contributed by atoms with van der Waals surface area (Å²) in [6.45, 7) is 3.56. The molecule has 0 saturated heterocycles. The largest absolute Gasteiger partial charge is 0.388 e. The number of hydrogen-bond donors (Lipinski definition) is 2. The van der Waals surface area contributed by atoms with Gasteiger partial charge < -0.3 is 16.0 Å². The molecule has 0 aromatic carbocycles. The molecule has 0 spiro atoms. The summed E-state index contributed by atoms with van der Waals surface area (Å²) in [5.74, 6) is 0.289. The van der Waals surface area contributed by atoms with Gasteiger partial charge in [0.1, 0.15) is 16.7 Å². The molecule has 1 amide bonds. The van der Waals surface area contributed by atoms with Gasteiger partial charge in [-0.05, 0) is 19.9 Å². The van der Waals surface area contributed by atoms with Crippen molar-refractivity contribution in [3.05, 3.63) is 17.5 Å². The Hall–Kier alpha value is -1.76. The van der Waals surface area contributed by atoms with E-state index in [1.54, 1.807) is 27.1 Å². The standard InChI is InChI=1S/C11H17N5OS/c1-6-5-8(9(12)18)15-11(13-6)14-7(2)10(17)16(3)4/h5,7H,1-4H3,(H2,12,18)(H,13,14,15). The minimum absolute atomic E-state index is 0.0584. The SMILES string of the molecule is Cc1cc(C(N)=S)nc(NC(C)C(=O)N(C)C)n1. The van der Waals surface area contributed by atoms with E-state index in [1.165, 1.54) is 4.90 Å². The molecule has 0 aliphatic heterocycles. The number of aromatic nitrogens is 2. The third kappa shape index (κ3) is 3.63. The Labute approximate surface area is 112 Å². The van der Waals surface area contributed by atoms with Gasteiger partial charge in [0, 0.05) is 19.8 Å². The van der Waals surface area contributed by atoms with E-state index in [2.05, 4.69) is 15.3 Å². The van der Waals surface area contributed by atoms with Crippen LogP contribution >= 0.6 is 12.2 Å². The van der Waals surface area contributed by atoms with E-state index in [-0.39, 0.29) is 10.9 Å². The zero-order valence-electron chi connectivity index (χ0n) is 10.9. The summed E-state index contributed by atoms with van der Waals surface area (Å²) in [5, 5.41) is 2.93. The minimum Gasteiger partial charge on any atom is -0.388 e. The van der Waals surface area contributed by atoms with Gasteiger partial charge in [0.05, 0.1) is 0 Å². The van der Waals surface area contributed by atoms with E-state index in [0.717, 1.165) is 5.69 Å². The molecule has 98 valence electrons. The summed E-state index contributed by atoms with van der Waals surface area (Å²) in [4.78, 5) is 21.8. The van der Waals surface area contributed by atoms with E-state index in [9.17, 15) is 4.79 Å². The fourth-order valence-corrected chi connectivity index (χ4v) is 1.51. The predicted octanol–water partition coefficient (Wildman–Crippen LogP) is 0.308. The Bertz CT molecular complexity index is 475. The summed E-state index contributed by atoms with van der Waals surface area (Å²) in [7, 11) is 3.39. The first-order valence-corrected chi connectivity index (χ1v) is 5.85. The second-order valence-electron chi connectivity index (χ2n) is 4.18. The average molecular weight is 267 g/mol. The fourth-order valence-electron chi connectivity index (χ4n) is 1.40. The number of hydrogen-bond acceptors (Lipinski definition) is 5. The Kier molecular flexibility index (Phi) is 4.55. The lowest BCUT2D eigenvalue weighted by Crippen LogP contribution is -2.37. The number of aryl methyl sites for hydroxylation is 1. The zero-order valence-corrected chi connectivity index (χ0v) is 11.7. The van der Waals surface area contributed by atoms with E-state index in [0.29, 0.717) is 11.6 Å². The van der Waals surface area contributed by atoms with Crippen molar-refractivity contribution in [3.8, 4) is 0 Å². The van der Waals surface area contributed by atoms with Gasteiger partial charge in [0.15, 0.2) is 0 Å². The maximum atomic E-state index is 11.7. The third-order valence-corrected chi connectivity index (χ3v) is 2.47. The van der Waals surface area contributed by atoms with E-state index >= 15 is 0 Å². The molecule has 0 radical (unpaired) electrons. The Morgan fingerprint density at radius 1 is 1.50 bits per heavy atom. The number of nitrogens with two attached hydrogens (primary N) is 1. The van der Waals surface area contributed by atoms with Crippen LogP contribution in [0.4, 0.5) is 5.95 Å². The zero-order chi connectivity index (χ0) is 13.9. The molecule has 0 bridgehead atoms. The number of amides is 1. The smallest absolute Gasteiger partial charge is 0.244 e. The molecule has 0 aliphatic carbocycles. The van der Waals surface area contributed by atoms with Crippen LogP contribution in [0.15, 0.2) is 6.07 Å². The van der Waals surface area contributed by atoms with Crippen LogP contribution in [-0.4, -0.2) is 45.9 Å². The molecule has 1 atom stereocenters. The molecule has 1 aromatic rings. The lowest BCUT2D eigenvalue weighted by atomic mass is 10.3. The van der Waals surface area contributed by atoms with Crippen LogP contribution in [0.1, 0.15) is 18.3 Å². The van der Waals surface area contributed by atoms with Crippen LogP contribution in [0.2, 0.25) is 0 Å². The van der Waals surface area contributed by atoms with E-state index < -0.39 is 6.04 Å². The summed E-state index contributed by atoms with van der Waals surface area (Å²) < 4.78 is 0. The highest BCUT2D eigenvalue weighted by Crippen LogP contribution is 2.07. The second kappa shape index (κ2) is 5.72. The molecule has 0 fully saturated rings. The van der Waals surface area contributed by atoms with Crippen molar-refractivity contribution in [1.29, 1.82) is 0 Å².